The van der Waals surface area contributed by atoms with Gasteiger partial charge in [-0.1, -0.05) is 28.1 Å². The smallest absolute Gasteiger partial charge is 0.134 e. The summed E-state index contributed by atoms with van der Waals surface area (Å²) in [6, 6.07) is 16.6. The molecule has 2 aromatic heterocycles. The van der Waals surface area contributed by atoms with Crippen LogP contribution < -0.4 is 5.32 Å². The summed E-state index contributed by atoms with van der Waals surface area (Å²) in [5.41, 5.74) is 5.16. The number of nitrogens with zero attached hydrogens (tertiary/aromatic N) is 2. The van der Waals surface area contributed by atoms with Gasteiger partial charge in [-0.2, -0.15) is 0 Å². The molecule has 4 aromatic rings. The van der Waals surface area contributed by atoms with E-state index in [4.69, 9.17) is 4.42 Å². The SMILES string of the molecule is Cc1nc(NC(C)c2cccc(Br)c2)cc(-c2ccc3occ(C)c3c2)n1. The van der Waals surface area contributed by atoms with E-state index >= 15 is 0 Å². The van der Waals surface area contributed by atoms with E-state index in [-0.39, 0.29) is 6.04 Å². The summed E-state index contributed by atoms with van der Waals surface area (Å²) in [5.74, 6) is 1.55. The lowest BCUT2D eigenvalue weighted by Gasteiger charge is -2.16. The zero-order valence-corrected chi connectivity index (χ0v) is 17.0. The van der Waals surface area contributed by atoms with Gasteiger partial charge in [0.2, 0.25) is 0 Å². The van der Waals surface area contributed by atoms with Gasteiger partial charge >= 0.3 is 0 Å². The van der Waals surface area contributed by atoms with Crippen molar-refractivity contribution in [3.8, 4) is 11.3 Å². The van der Waals surface area contributed by atoms with E-state index in [2.05, 4.69) is 56.3 Å². The van der Waals surface area contributed by atoms with Crippen LogP contribution in [0.15, 0.2) is 63.7 Å². The molecule has 136 valence electrons. The Balaban J connectivity index is 1.67. The van der Waals surface area contributed by atoms with Crippen molar-refractivity contribution in [2.75, 3.05) is 5.32 Å². The molecule has 0 aliphatic heterocycles. The Labute approximate surface area is 166 Å². The van der Waals surface area contributed by atoms with Crippen LogP contribution in [0.2, 0.25) is 0 Å². The van der Waals surface area contributed by atoms with Crippen LogP contribution in [0.1, 0.15) is 29.9 Å². The normalized spacial score (nSPS) is 12.3. The molecule has 4 rings (SSSR count). The van der Waals surface area contributed by atoms with Crippen molar-refractivity contribution in [2.24, 2.45) is 0 Å². The van der Waals surface area contributed by atoms with Gasteiger partial charge in [-0.25, -0.2) is 9.97 Å². The number of fused-ring (bicyclic) bond motifs is 1. The van der Waals surface area contributed by atoms with Crippen LogP contribution in [-0.4, -0.2) is 9.97 Å². The fourth-order valence-electron chi connectivity index (χ4n) is 3.19. The Kier molecular flexibility index (Phi) is 4.70. The molecule has 4 nitrogen and oxygen atoms in total. The Morgan fingerprint density at radius 1 is 1.04 bits per heavy atom. The molecule has 27 heavy (non-hydrogen) atoms. The molecule has 0 radical (unpaired) electrons. The van der Waals surface area contributed by atoms with Crippen molar-refractivity contribution < 1.29 is 4.42 Å². The Morgan fingerprint density at radius 3 is 2.70 bits per heavy atom. The number of anilines is 1. The number of aryl methyl sites for hydroxylation is 2. The van der Waals surface area contributed by atoms with E-state index in [1.54, 1.807) is 6.26 Å². The summed E-state index contributed by atoms with van der Waals surface area (Å²) in [6.45, 7) is 6.09. The van der Waals surface area contributed by atoms with E-state index in [1.807, 2.05) is 44.2 Å². The molecule has 1 unspecified atom stereocenters. The van der Waals surface area contributed by atoms with Gasteiger partial charge in [0.15, 0.2) is 0 Å². The first-order valence-electron chi connectivity index (χ1n) is 8.85. The number of furan rings is 1. The van der Waals surface area contributed by atoms with Gasteiger partial charge in [0.25, 0.3) is 0 Å². The maximum absolute atomic E-state index is 5.55. The second-order valence-corrected chi connectivity index (χ2v) is 7.65. The Bertz CT molecular complexity index is 1120. The predicted molar refractivity (Wildman–Crippen MR) is 113 cm³/mol. The average molecular weight is 422 g/mol. The third kappa shape index (κ3) is 3.74. The fraction of sp³-hybridized carbons (Fsp3) is 0.182. The molecule has 0 fully saturated rings. The van der Waals surface area contributed by atoms with Gasteiger partial charge in [0.1, 0.15) is 17.2 Å². The lowest BCUT2D eigenvalue weighted by Crippen LogP contribution is -2.09. The molecule has 0 spiro atoms. The van der Waals surface area contributed by atoms with Crippen LogP contribution in [0.25, 0.3) is 22.2 Å². The van der Waals surface area contributed by atoms with E-state index < -0.39 is 0 Å². The Morgan fingerprint density at radius 2 is 1.89 bits per heavy atom. The van der Waals surface area contributed by atoms with Crippen molar-refractivity contribution in [2.45, 2.75) is 26.8 Å². The van der Waals surface area contributed by atoms with Crippen LogP contribution in [0, 0.1) is 13.8 Å². The topological polar surface area (TPSA) is 51.0 Å². The van der Waals surface area contributed by atoms with Gasteiger partial charge < -0.3 is 9.73 Å². The summed E-state index contributed by atoms with van der Waals surface area (Å²) in [4.78, 5) is 9.19. The lowest BCUT2D eigenvalue weighted by molar-refractivity contribution is 0.613. The molecule has 1 atom stereocenters. The maximum Gasteiger partial charge on any atom is 0.134 e. The summed E-state index contributed by atoms with van der Waals surface area (Å²) in [7, 11) is 0. The summed E-state index contributed by atoms with van der Waals surface area (Å²) in [6.07, 6.45) is 1.78. The highest BCUT2D eigenvalue weighted by Gasteiger charge is 2.11. The number of aromatic nitrogens is 2. The summed E-state index contributed by atoms with van der Waals surface area (Å²) in [5, 5.41) is 4.60. The molecule has 2 aromatic carbocycles. The molecule has 5 heteroatoms. The zero-order valence-electron chi connectivity index (χ0n) is 15.5. The summed E-state index contributed by atoms with van der Waals surface area (Å²) < 4.78 is 6.62. The lowest BCUT2D eigenvalue weighted by atomic mass is 10.1. The molecule has 0 amide bonds. The number of rotatable bonds is 4. The Hall–Kier alpha value is -2.66. The molecule has 0 saturated carbocycles. The van der Waals surface area contributed by atoms with Crippen LogP contribution in [0.5, 0.6) is 0 Å². The van der Waals surface area contributed by atoms with Crippen LogP contribution in [0.3, 0.4) is 0 Å². The molecule has 1 N–H and O–H groups in total. The average Bonchev–Trinajstić information content (AvgIpc) is 3.02. The van der Waals surface area contributed by atoms with Crippen LogP contribution in [0.4, 0.5) is 5.82 Å². The molecule has 0 aliphatic carbocycles. The molecule has 0 saturated heterocycles. The highest BCUT2D eigenvalue weighted by molar-refractivity contribution is 9.10. The van der Waals surface area contributed by atoms with Crippen molar-refractivity contribution in [1.82, 2.24) is 9.97 Å². The number of benzene rings is 2. The summed E-state index contributed by atoms with van der Waals surface area (Å²) >= 11 is 3.53. The van der Waals surface area contributed by atoms with Gasteiger partial charge in [0, 0.05) is 27.5 Å². The second-order valence-electron chi connectivity index (χ2n) is 6.74. The van der Waals surface area contributed by atoms with Crippen LogP contribution in [-0.2, 0) is 0 Å². The van der Waals surface area contributed by atoms with Crippen LogP contribution >= 0.6 is 15.9 Å². The molecule has 2 heterocycles. The predicted octanol–water partition coefficient (Wildman–Crippen LogP) is 6.44. The van der Waals surface area contributed by atoms with Crippen molar-refractivity contribution >= 4 is 32.7 Å². The van der Waals surface area contributed by atoms with E-state index in [1.165, 1.54) is 5.56 Å². The fourth-order valence-corrected chi connectivity index (χ4v) is 3.60. The minimum absolute atomic E-state index is 0.128. The van der Waals surface area contributed by atoms with Gasteiger partial charge in [0.05, 0.1) is 12.0 Å². The van der Waals surface area contributed by atoms with Crippen molar-refractivity contribution in [1.29, 1.82) is 0 Å². The van der Waals surface area contributed by atoms with Gasteiger partial charge in [-0.3, -0.25) is 0 Å². The first-order valence-corrected chi connectivity index (χ1v) is 9.65. The first-order chi connectivity index (χ1) is 13.0. The second kappa shape index (κ2) is 7.16. The van der Waals surface area contributed by atoms with Gasteiger partial charge in [-0.05, 0) is 62.2 Å². The van der Waals surface area contributed by atoms with Gasteiger partial charge in [-0.15, -0.1) is 0 Å². The third-order valence-corrected chi connectivity index (χ3v) is 5.11. The highest BCUT2D eigenvalue weighted by atomic mass is 79.9. The number of hydrogen-bond donors (Lipinski definition) is 1. The largest absolute Gasteiger partial charge is 0.464 e. The molecule has 0 aliphatic rings. The number of hydrogen-bond acceptors (Lipinski definition) is 4. The minimum atomic E-state index is 0.128. The molecular weight excluding hydrogens is 402 g/mol. The quantitative estimate of drug-likeness (QED) is 0.411. The van der Waals surface area contributed by atoms with E-state index in [0.717, 1.165) is 43.9 Å². The van der Waals surface area contributed by atoms with E-state index in [0.29, 0.717) is 0 Å². The third-order valence-electron chi connectivity index (χ3n) is 4.61. The monoisotopic (exact) mass is 421 g/mol. The standard InChI is InChI=1S/C22H20BrN3O/c1-13-12-27-21-8-7-17(10-19(13)21)20-11-22(26-15(3)25-20)24-14(2)16-5-4-6-18(23)9-16/h4-12,14H,1-3H3,(H,24,25,26). The molecular formula is C22H20BrN3O. The minimum Gasteiger partial charge on any atom is -0.464 e. The van der Waals surface area contributed by atoms with Crippen molar-refractivity contribution in [3.63, 3.8) is 0 Å². The van der Waals surface area contributed by atoms with Crippen molar-refractivity contribution in [3.05, 3.63) is 76.2 Å². The number of halogens is 1. The molecule has 0 bridgehead atoms. The van der Waals surface area contributed by atoms with E-state index in [9.17, 15) is 0 Å². The zero-order chi connectivity index (χ0) is 19.0. The number of nitrogens with one attached hydrogen (secondary N) is 1. The first kappa shape index (κ1) is 17.7. The maximum atomic E-state index is 5.55. The highest BCUT2D eigenvalue weighted by Crippen LogP contribution is 2.28.